The van der Waals surface area contributed by atoms with Crippen LogP contribution in [0.5, 0.6) is 11.5 Å². The number of Topliss-reactive ketones (excluding diaryl/α,β-unsaturated/α-hetero) is 1. The van der Waals surface area contributed by atoms with E-state index in [0.717, 1.165) is 0 Å². The van der Waals surface area contributed by atoms with Gasteiger partial charge in [-0.15, -0.1) is 0 Å². The van der Waals surface area contributed by atoms with E-state index in [4.69, 9.17) is 14.7 Å². The molecule has 2 aromatic rings. The summed E-state index contributed by atoms with van der Waals surface area (Å²) in [4.78, 5) is 12.3. The van der Waals surface area contributed by atoms with Crippen molar-refractivity contribution in [3.63, 3.8) is 0 Å². The zero-order chi connectivity index (χ0) is 15.2. The summed E-state index contributed by atoms with van der Waals surface area (Å²) in [5, 5.41) is 8.87. The fourth-order valence-electron chi connectivity index (χ4n) is 1.92. The second-order valence-corrected chi connectivity index (χ2v) is 4.47. The zero-order valence-corrected chi connectivity index (χ0v) is 11.9. The summed E-state index contributed by atoms with van der Waals surface area (Å²) in [5.74, 6) is 0.761. The van der Waals surface area contributed by atoms with Crippen LogP contribution in [0, 0.1) is 11.3 Å². The lowest BCUT2D eigenvalue weighted by Gasteiger charge is -2.16. The van der Waals surface area contributed by atoms with Gasteiger partial charge in [-0.3, -0.25) is 4.79 Å². The van der Waals surface area contributed by atoms with Gasteiger partial charge in [0.15, 0.2) is 17.6 Å². The number of ketones is 1. The fourth-order valence-corrected chi connectivity index (χ4v) is 1.92. The first-order valence-corrected chi connectivity index (χ1v) is 6.49. The predicted molar refractivity (Wildman–Crippen MR) is 78.6 cm³/mol. The Morgan fingerprint density at radius 2 is 1.86 bits per heavy atom. The lowest BCUT2D eigenvalue weighted by atomic mass is 10.1. The summed E-state index contributed by atoms with van der Waals surface area (Å²) >= 11 is 0. The summed E-state index contributed by atoms with van der Waals surface area (Å²) in [6, 6.07) is 15.8. The summed E-state index contributed by atoms with van der Waals surface area (Å²) in [5.41, 5.74) is 1.07. The van der Waals surface area contributed by atoms with Gasteiger partial charge in [0.2, 0.25) is 5.78 Å². The van der Waals surface area contributed by atoms with Gasteiger partial charge >= 0.3 is 0 Å². The van der Waals surface area contributed by atoms with E-state index < -0.39 is 6.10 Å². The minimum atomic E-state index is -0.644. The van der Waals surface area contributed by atoms with Crippen LogP contribution in [0.3, 0.4) is 0 Å². The second kappa shape index (κ2) is 6.58. The Hall–Kier alpha value is -2.80. The maximum absolute atomic E-state index is 12.3. The smallest absolute Gasteiger partial charge is 0.202 e. The summed E-state index contributed by atoms with van der Waals surface area (Å²) in [7, 11) is 1.49. The Kier molecular flexibility index (Phi) is 4.57. The molecular weight excluding hydrogens is 266 g/mol. The number of carbonyl (C=O) groups excluding carboxylic acids is 1. The van der Waals surface area contributed by atoms with Crippen LogP contribution in [0.2, 0.25) is 0 Å². The molecule has 0 bridgehead atoms. The molecule has 0 amide bonds. The van der Waals surface area contributed by atoms with Crippen LogP contribution in [0.25, 0.3) is 0 Å². The number of benzene rings is 2. The van der Waals surface area contributed by atoms with Gasteiger partial charge in [0.25, 0.3) is 0 Å². The highest BCUT2D eigenvalue weighted by molar-refractivity contribution is 5.99. The molecule has 4 heteroatoms. The van der Waals surface area contributed by atoms with E-state index in [2.05, 4.69) is 0 Å². The van der Waals surface area contributed by atoms with Crippen LogP contribution in [0.1, 0.15) is 22.8 Å². The Morgan fingerprint density at radius 1 is 1.14 bits per heavy atom. The molecule has 0 spiro atoms. The summed E-state index contributed by atoms with van der Waals surface area (Å²) in [6.07, 6.45) is -0.644. The quantitative estimate of drug-likeness (QED) is 0.789. The molecule has 0 aliphatic heterocycles. The van der Waals surface area contributed by atoms with E-state index in [9.17, 15) is 4.79 Å². The normalized spacial score (nSPS) is 11.3. The molecule has 1 atom stereocenters. The van der Waals surface area contributed by atoms with E-state index in [-0.39, 0.29) is 5.78 Å². The van der Waals surface area contributed by atoms with Crippen molar-refractivity contribution in [1.29, 1.82) is 5.26 Å². The highest BCUT2D eigenvalue weighted by atomic mass is 16.5. The molecule has 0 aliphatic carbocycles. The minimum absolute atomic E-state index is 0.109. The average molecular weight is 281 g/mol. The van der Waals surface area contributed by atoms with Gasteiger partial charge in [-0.2, -0.15) is 5.26 Å². The van der Waals surface area contributed by atoms with Crippen LogP contribution in [0.4, 0.5) is 0 Å². The van der Waals surface area contributed by atoms with Crippen molar-refractivity contribution in [2.75, 3.05) is 7.11 Å². The number of carbonyl (C=O) groups is 1. The van der Waals surface area contributed by atoms with E-state index in [1.54, 1.807) is 37.3 Å². The van der Waals surface area contributed by atoms with E-state index >= 15 is 0 Å². The first kappa shape index (κ1) is 14.6. The van der Waals surface area contributed by atoms with Crippen LogP contribution in [-0.4, -0.2) is 19.0 Å². The average Bonchev–Trinajstić information content (AvgIpc) is 2.55. The highest BCUT2D eigenvalue weighted by Crippen LogP contribution is 2.29. The van der Waals surface area contributed by atoms with Crippen molar-refractivity contribution in [2.24, 2.45) is 0 Å². The third-order valence-corrected chi connectivity index (χ3v) is 3.02. The number of hydrogen-bond donors (Lipinski definition) is 0. The van der Waals surface area contributed by atoms with Crippen molar-refractivity contribution in [1.82, 2.24) is 0 Å². The summed E-state index contributed by atoms with van der Waals surface area (Å²) in [6.45, 7) is 1.69. The Balaban J connectivity index is 2.18. The topological polar surface area (TPSA) is 59.3 Å². The molecule has 4 nitrogen and oxygen atoms in total. The molecule has 0 saturated carbocycles. The van der Waals surface area contributed by atoms with Crippen LogP contribution in [-0.2, 0) is 0 Å². The van der Waals surface area contributed by atoms with Gasteiger partial charge < -0.3 is 9.47 Å². The van der Waals surface area contributed by atoms with Crippen molar-refractivity contribution >= 4 is 5.78 Å². The standard InChI is InChI=1S/C17H15NO3/c1-12(17(19)14-6-4-3-5-7-14)21-15-9-8-13(11-18)10-16(15)20-2/h3-10,12H,1-2H3/t12-/m1/s1. The van der Waals surface area contributed by atoms with Gasteiger partial charge in [-0.25, -0.2) is 0 Å². The van der Waals surface area contributed by atoms with Gasteiger partial charge in [0.1, 0.15) is 0 Å². The predicted octanol–water partition coefficient (Wildman–Crippen LogP) is 3.22. The Bertz CT molecular complexity index is 674. The van der Waals surface area contributed by atoms with Gasteiger partial charge in [-0.05, 0) is 19.1 Å². The lowest BCUT2D eigenvalue weighted by Crippen LogP contribution is -2.24. The largest absolute Gasteiger partial charge is 0.493 e. The molecule has 0 aliphatic rings. The monoisotopic (exact) mass is 281 g/mol. The molecule has 0 unspecified atom stereocenters. The van der Waals surface area contributed by atoms with Gasteiger partial charge in [-0.1, -0.05) is 30.3 Å². The SMILES string of the molecule is COc1cc(C#N)ccc1O[C@H](C)C(=O)c1ccccc1. The van der Waals surface area contributed by atoms with Crippen LogP contribution < -0.4 is 9.47 Å². The number of methoxy groups -OCH3 is 1. The van der Waals surface area contributed by atoms with Crippen molar-refractivity contribution in [3.05, 3.63) is 59.7 Å². The number of rotatable bonds is 5. The van der Waals surface area contributed by atoms with Crippen LogP contribution in [0.15, 0.2) is 48.5 Å². The molecule has 0 fully saturated rings. The van der Waals surface area contributed by atoms with Gasteiger partial charge in [0, 0.05) is 11.6 Å². The first-order chi connectivity index (χ1) is 10.2. The molecule has 2 aromatic carbocycles. The minimum Gasteiger partial charge on any atom is -0.493 e. The van der Waals surface area contributed by atoms with Crippen molar-refractivity contribution < 1.29 is 14.3 Å². The third kappa shape index (κ3) is 3.40. The molecule has 0 saturated heterocycles. The summed E-state index contributed by atoms with van der Waals surface area (Å²) < 4.78 is 10.9. The maximum atomic E-state index is 12.3. The van der Waals surface area contributed by atoms with Crippen molar-refractivity contribution in [3.8, 4) is 17.6 Å². The fraction of sp³-hybridized carbons (Fsp3) is 0.176. The third-order valence-electron chi connectivity index (χ3n) is 3.02. The second-order valence-electron chi connectivity index (χ2n) is 4.47. The van der Waals surface area contributed by atoms with Gasteiger partial charge in [0.05, 0.1) is 18.7 Å². The molecule has 2 rings (SSSR count). The van der Waals surface area contributed by atoms with E-state index in [0.29, 0.717) is 22.6 Å². The number of nitriles is 1. The van der Waals surface area contributed by atoms with E-state index in [1.807, 2.05) is 24.3 Å². The molecule has 21 heavy (non-hydrogen) atoms. The molecule has 0 N–H and O–H groups in total. The lowest BCUT2D eigenvalue weighted by molar-refractivity contribution is 0.0814. The zero-order valence-electron chi connectivity index (χ0n) is 11.9. The molecular formula is C17H15NO3. The number of ether oxygens (including phenoxy) is 2. The van der Waals surface area contributed by atoms with Crippen LogP contribution >= 0.6 is 0 Å². The van der Waals surface area contributed by atoms with Crippen molar-refractivity contribution in [2.45, 2.75) is 13.0 Å². The molecule has 106 valence electrons. The number of hydrogen-bond acceptors (Lipinski definition) is 4. The Morgan fingerprint density at radius 3 is 2.48 bits per heavy atom. The highest BCUT2D eigenvalue weighted by Gasteiger charge is 2.18. The maximum Gasteiger partial charge on any atom is 0.202 e. The Labute approximate surface area is 123 Å². The molecule has 0 aromatic heterocycles. The first-order valence-electron chi connectivity index (χ1n) is 6.49. The molecule has 0 heterocycles. The number of nitrogens with zero attached hydrogens (tertiary/aromatic N) is 1. The molecule has 0 radical (unpaired) electrons. The van der Waals surface area contributed by atoms with E-state index in [1.165, 1.54) is 7.11 Å².